The second-order valence-electron chi connectivity index (χ2n) is 6.84. The Labute approximate surface area is 138 Å². The highest BCUT2D eigenvalue weighted by Crippen LogP contribution is 2.27. The normalized spacial score (nSPS) is 13.0. The zero-order chi connectivity index (χ0) is 17.2. The van der Waals surface area contributed by atoms with Crippen molar-refractivity contribution in [2.45, 2.75) is 52.8 Å². The minimum absolute atomic E-state index is 0.0348. The maximum absolute atomic E-state index is 9.44. The van der Waals surface area contributed by atoms with Crippen LogP contribution in [0.4, 0.5) is 5.69 Å². The molecule has 0 aliphatic rings. The summed E-state index contributed by atoms with van der Waals surface area (Å²) in [5, 5.41) is 17.5. The summed E-state index contributed by atoms with van der Waals surface area (Å²) in [5.74, 6) is 0.697. The lowest BCUT2D eigenvalue weighted by Gasteiger charge is -2.19. The number of rotatable bonds is 5. The van der Waals surface area contributed by atoms with Crippen LogP contribution in [0.5, 0.6) is 5.75 Å². The minimum atomic E-state index is -0.0476. The first-order valence-electron chi connectivity index (χ1n) is 7.87. The molecule has 0 bridgehead atoms. The summed E-state index contributed by atoms with van der Waals surface area (Å²) in [5.41, 5.74) is 3.88. The molecular weight excluding hydrogens is 290 g/mol. The van der Waals surface area contributed by atoms with Crippen LogP contribution in [0.25, 0.3) is 0 Å². The second-order valence-corrected chi connectivity index (χ2v) is 6.84. The van der Waals surface area contributed by atoms with Gasteiger partial charge in [-0.3, -0.25) is 4.68 Å². The third-order valence-corrected chi connectivity index (χ3v) is 3.92. The number of aromatic nitrogens is 2. The lowest BCUT2D eigenvalue weighted by atomic mass is 10.1. The van der Waals surface area contributed by atoms with Gasteiger partial charge in [0.2, 0.25) is 0 Å². The number of benzene rings is 1. The standard InChI is InChI=1S/C18H27N3O2/c1-12(16-10-21(18(3,4)5)20-13(16)2)19-15-7-8-17(23-6)14(9-15)11-22/h7-10,12,19,22H,11H2,1-6H3. The highest BCUT2D eigenvalue weighted by atomic mass is 16.5. The summed E-state index contributed by atoms with van der Waals surface area (Å²) in [4.78, 5) is 0. The van der Waals surface area contributed by atoms with Crippen LogP contribution in [0.1, 0.15) is 50.6 Å². The Morgan fingerprint density at radius 3 is 2.57 bits per heavy atom. The molecule has 1 atom stereocenters. The molecule has 1 aromatic carbocycles. The summed E-state index contributed by atoms with van der Waals surface area (Å²) in [6, 6.07) is 5.86. The molecule has 0 saturated heterocycles. The fourth-order valence-corrected chi connectivity index (χ4v) is 2.56. The van der Waals surface area contributed by atoms with Gasteiger partial charge in [0, 0.05) is 23.0 Å². The third kappa shape index (κ3) is 3.85. The van der Waals surface area contributed by atoms with E-state index in [1.165, 1.54) is 5.56 Å². The van der Waals surface area contributed by atoms with E-state index in [-0.39, 0.29) is 18.2 Å². The van der Waals surface area contributed by atoms with Gasteiger partial charge in [-0.1, -0.05) is 0 Å². The minimum Gasteiger partial charge on any atom is -0.496 e. The van der Waals surface area contributed by atoms with E-state index < -0.39 is 0 Å². The number of anilines is 1. The highest BCUT2D eigenvalue weighted by molar-refractivity contribution is 5.52. The van der Waals surface area contributed by atoms with Gasteiger partial charge in [-0.15, -0.1) is 0 Å². The van der Waals surface area contributed by atoms with E-state index in [1.54, 1.807) is 7.11 Å². The lowest BCUT2D eigenvalue weighted by molar-refractivity contribution is 0.274. The zero-order valence-corrected chi connectivity index (χ0v) is 14.8. The van der Waals surface area contributed by atoms with Gasteiger partial charge in [0.1, 0.15) is 5.75 Å². The van der Waals surface area contributed by atoms with Gasteiger partial charge in [0.25, 0.3) is 0 Å². The number of nitrogens with zero attached hydrogens (tertiary/aromatic N) is 2. The molecule has 2 rings (SSSR count). The van der Waals surface area contributed by atoms with E-state index >= 15 is 0 Å². The fourth-order valence-electron chi connectivity index (χ4n) is 2.56. The monoisotopic (exact) mass is 317 g/mol. The van der Waals surface area contributed by atoms with E-state index in [0.29, 0.717) is 5.75 Å². The predicted octanol–water partition coefficient (Wildman–Crippen LogP) is 3.62. The molecule has 0 aliphatic heterocycles. The first-order valence-corrected chi connectivity index (χ1v) is 7.87. The van der Waals surface area contributed by atoms with Crippen molar-refractivity contribution in [1.29, 1.82) is 0 Å². The van der Waals surface area contributed by atoms with Crippen LogP contribution < -0.4 is 10.1 Å². The van der Waals surface area contributed by atoms with Gasteiger partial charge in [0.05, 0.1) is 31.0 Å². The van der Waals surface area contributed by atoms with Crippen molar-refractivity contribution in [3.8, 4) is 5.75 Å². The van der Waals surface area contributed by atoms with Crippen molar-refractivity contribution in [2.75, 3.05) is 12.4 Å². The molecule has 23 heavy (non-hydrogen) atoms. The second kappa shape index (κ2) is 6.62. The molecule has 1 heterocycles. The summed E-state index contributed by atoms with van der Waals surface area (Å²) in [6.07, 6.45) is 2.10. The van der Waals surface area contributed by atoms with Crippen LogP contribution in [0.3, 0.4) is 0 Å². The van der Waals surface area contributed by atoms with Gasteiger partial charge in [-0.2, -0.15) is 5.10 Å². The van der Waals surface area contributed by atoms with Gasteiger partial charge >= 0.3 is 0 Å². The van der Waals surface area contributed by atoms with E-state index in [4.69, 9.17) is 4.74 Å². The van der Waals surface area contributed by atoms with Crippen LogP contribution in [-0.2, 0) is 12.1 Å². The molecule has 0 spiro atoms. The average molecular weight is 317 g/mol. The summed E-state index contributed by atoms with van der Waals surface area (Å²) in [7, 11) is 1.61. The van der Waals surface area contributed by atoms with Crippen LogP contribution in [-0.4, -0.2) is 22.0 Å². The molecule has 0 fully saturated rings. The smallest absolute Gasteiger partial charge is 0.124 e. The molecule has 0 saturated carbocycles. The average Bonchev–Trinajstić information content (AvgIpc) is 2.89. The lowest BCUT2D eigenvalue weighted by Crippen LogP contribution is -2.22. The Morgan fingerprint density at radius 1 is 1.35 bits per heavy atom. The number of hydrogen-bond acceptors (Lipinski definition) is 4. The number of aryl methyl sites for hydroxylation is 1. The predicted molar refractivity (Wildman–Crippen MR) is 92.9 cm³/mol. The summed E-state index contributed by atoms with van der Waals surface area (Å²) in [6.45, 7) is 10.5. The van der Waals surface area contributed by atoms with Crippen molar-refractivity contribution in [3.63, 3.8) is 0 Å². The number of hydrogen-bond donors (Lipinski definition) is 2. The Morgan fingerprint density at radius 2 is 2.04 bits per heavy atom. The van der Waals surface area contributed by atoms with Gasteiger partial charge in [0.15, 0.2) is 0 Å². The number of aliphatic hydroxyl groups is 1. The molecular formula is C18H27N3O2. The molecule has 126 valence electrons. The van der Waals surface area contributed by atoms with Crippen molar-refractivity contribution in [3.05, 3.63) is 41.2 Å². The van der Waals surface area contributed by atoms with Gasteiger partial charge < -0.3 is 15.2 Å². The number of aliphatic hydroxyl groups excluding tert-OH is 1. The quantitative estimate of drug-likeness (QED) is 0.884. The first kappa shape index (κ1) is 17.3. The molecule has 0 aliphatic carbocycles. The number of nitrogens with one attached hydrogen (secondary N) is 1. The Balaban J connectivity index is 2.22. The largest absolute Gasteiger partial charge is 0.496 e. The topological polar surface area (TPSA) is 59.3 Å². The van der Waals surface area contributed by atoms with Crippen LogP contribution >= 0.6 is 0 Å². The molecule has 0 amide bonds. The molecule has 1 unspecified atom stereocenters. The molecule has 5 nitrogen and oxygen atoms in total. The summed E-state index contributed by atoms with van der Waals surface area (Å²) < 4.78 is 7.24. The number of methoxy groups -OCH3 is 1. The molecule has 5 heteroatoms. The zero-order valence-electron chi connectivity index (χ0n) is 14.8. The van der Waals surface area contributed by atoms with Crippen molar-refractivity contribution in [2.24, 2.45) is 0 Å². The van der Waals surface area contributed by atoms with Crippen LogP contribution in [0, 0.1) is 6.92 Å². The Bertz CT molecular complexity index is 671. The van der Waals surface area contributed by atoms with E-state index in [2.05, 4.69) is 44.3 Å². The van der Waals surface area contributed by atoms with E-state index in [9.17, 15) is 5.11 Å². The maximum Gasteiger partial charge on any atom is 0.124 e. The first-order chi connectivity index (χ1) is 10.8. The third-order valence-electron chi connectivity index (χ3n) is 3.92. The summed E-state index contributed by atoms with van der Waals surface area (Å²) >= 11 is 0. The highest BCUT2D eigenvalue weighted by Gasteiger charge is 2.19. The van der Waals surface area contributed by atoms with Crippen LogP contribution in [0.15, 0.2) is 24.4 Å². The Hall–Kier alpha value is -2.01. The Kier molecular flexibility index (Phi) is 5.00. The molecule has 2 N–H and O–H groups in total. The fraction of sp³-hybridized carbons (Fsp3) is 0.500. The van der Waals surface area contributed by atoms with Gasteiger partial charge in [-0.25, -0.2) is 0 Å². The molecule has 1 aromatic heterocycles. The SMILES string of the molecule is COc1ccc(NC(C)c2cn(C(C)(C)C)nc2C)cc1CO. The van der Waals surface area contributed by atoms with Crippen molar-refractivity contribution >= 4 is 5.69 Å². The van der Waals surface area contributed by atoms with E-state index in [0.717, 1.165) is 16.9 Å². The van der Waals surface area contributed by atoms with Gasteiger partial charge in [-0.05, 0) is 52.8 Å². The van der Waals surface area contributed by atoms with Crippen molar-refractivity contribution < 1.29 is 9.84 Å². The molecule has 2 aromatic rings. The van der Waals surface area contributed by atoms with Crippen molar-refractivity contribution in [1.82, 2.24) is 9.78 Å². The van der Waals surface area contributed by atoms with E-state index in [1.807, 2.05) is 29.8 Å². The number of ether oxygens (including phenoxy) is 1. The van der Waals surface area contributed by atoms with Crippen LogP contribution in [0.2, 0.25) is 0 Å². The molecule has 0 radical (unpaired) electrons. The maximum atomic E-state index is 9.44.